The normalized spacial score (nSPS) is 10.9. The molecule has 2 aromatic carbocycles. The molecule has 4 rings (SSSR count). The lowest BCUT2D eigenvalue weighted by atomic mass is 10.0. The van der Waals surface area contributed by atoms with E-state index in [0.717, 1.165) is 57.2 Å². The van der Waals surface area contributed by atoms with Gasteiger partial charge in [-0.3, -0.25) is 4.98 Å². The molecule has 1 N–H and O–H groups in total. The third-order valence-corrected chi connectivity index (χ3v) is 5.36. The van der Waals surface area contributed by atoms with Gasteiger partial charge in [-0.05, 0) is 56.2 Å². The van der Waals surface area contributed by atoms with Crippen molar-refractivity contribution in [1.29, 1.82) is 0 Å². The van der Waals surface area contributed by atoms with Gasteiger partial charge in [0.15, 0.2) is 0 Å². The number of aromatic amines is 1. The second-order valence-electron chi connectivity index (χ2n) is 7.28. The van der Waals surface area contributed by atoms with E-state index in [4.69, 9.17) is 21.3 Å². The van der Waals surface area contributed by atoms with Crippen molar-refractivity contribution in [2.75, 3.05) is 6.61 Å². The molecule has 0 atom stereocenters. The maximum atomic E-state index is 6.11. The summed E-state index contributed by atoms with van der Waals surface area (Å²) in [5, 5.41) is 0.705. The standard InChI is InChI=1S/C25H24ClN3O/c1-4-15-30-21-10-5-16(2)22(17(21)3)25-28-23(18-6-8-20(26)9-7-18)24(29-25)19-11-13-27-14-12-19/h5-14H,4,15H2,1-3H3,(H,28,29). The number of halogens is 1. The highest BCUT2D eigenvalue weighted by Crippen LogP contribution is 2.37. The first-order valence-corrected chi connectivity index (χ1v) is 10.5. The third-order valence-electron chi connectivity index (χ3n) is 5.11. The predicted molar refractivity (Wildman–Crippen MR) is 123 cm³/mol. The summed E-state index contributed by atoms with van der Waals surface area (Å²) in [6, 6.07) is 15.9. The van der Waals surface area contributed by atoms with E-state index in [1.165, 1.54) is 0 Å². The Morgan fingerprint density at radius 2 is 1.67 bits per heavy atom. The average molecular weight is 418 g/mol. The number of hydrogen-bond acceptors (Lipinski definition) is 3. The molecule has 0 bridgehead atoms. The molecular weight excluding hydrogens is 394 g/mol. The Morgan fingerprint density at radius 1 is 0.933 bits per heavy atom. The molecule has 0 saturated heterocycles. The molecule has 5 heteroatoms. The van der Waals surface area contributed by atoms with Crippen LogP contribution < -0.4 is 4.74 Å². The number of nitrogens with zero attached hydrogens (tertiary/aromatic N) is 2. The molecule has 30 heavy (non-hydrogen) atoms. The minimum absolute atomic E-state index is 0.694. The second-order valence-corrected chi connectivity index (χ2v) is 7.72. The molecule has 0 fully saturated rings. The molecule has 0 aliphatic rings. The molecule has 152 valence electrons. The Hall–Kier alpha value is -3.11. The van der Waals surface area contributed by atoms with Crippen molar-refractivity contribution in [2.45, 2.75) is 27.2 Å². The SMILES string of the molecule is CCCOc1ccc(C)c(-c2nc(-c3ccncc3)c(-c3ccc(Cl)cc3)[nH]2)c1C. The number of hydrogen-bond donors (Lipinski definition) is 1. The lowest BCUT2D eigenvalue weighted by Gasteiger charge is -2.13. The average Bonchev–Trinajstić information content (AvgIpc) is 3.19. The molecule has 4 aromatic rings. The van der Waals surface area contributed by atoms with E-state index in [9.17, 15) is 0 Å². The minimum atomic E-state index is 0.694. The van der Waals surface area contributed by atoms with Gasteiger partial charge in [0, 0.05) is 39.7 Å². The summed E-state index contributed by atoms with van der Waals surface area (Å²) in [4.78, 5) is 12.7. The van der Waals surface area contributed by atoms with Crippen molar-refractivity contribution in [3.8, 4) is 39.7 Å². The zero-order valence-corrected chi connectivity index (χ0v) is 18.1. The van der Waals surface area contributed by atoms with Crippen molar-refractivity contribution in [1.82, 2.24) is 15.0 Å². The molecule has 0 amide bonds. The number of ether oxygens (including phenoxy) is 1. The Balaban J connectivity index is 1.89. The molecule has 2 heterocycles. The summed E-state index contributed by atoms with van der Waals surface area (Å²) in [5.74, 6) is 1.72. The molecule has 0 spiro atoms. The smallest absolute Gasteiger partial charge is 0.139 e. The number of benzene rings is 2. The summed E-state index contributed by atoms with van der Waals surface area (Å²) in [6.07, 6.45) is 4.53. The van der Waals surface area contributed by atoms with Crippen LogP contribution in [0.1, 0.15) is 24.5 Å². The van der Waals surface area contributed by atoms with Gasteiger partial charge in [-0.25, -0.2) is 4.98 Å². The zero-order valence-electron chi connectivity index (χ0n) is 17.4. The first kappa shape index (κ1) is 20.2. The number of aryl methyl sites for hydroxylation is 1. The number of imidazole rings is 1. The Labute approximate surface area is 181 Å². The minimum Gasteiger partial charge on any atom is -0.493 e. The van der Waals surface area contributed by atoms with Crippen LogP contribution in [0.15, 0.2) is 60.9 Å². The fraction of sp³-hybridized carbons (Fsp3) is 0.200. The van der Waals surface area contributed by atoms with Crippen LogP contribution in [0.2, 0.25) is 5.02 Å². The highest BCUT2D eigenvalue weighted by atomic mass is 35.5. The maximum absolute atomic E-state index is 6.11. The van der Waals surface area contributed by atoms with Crippen LogP contribution in [0.3, 0.4) is 0 Å². The first-order valence-electron chi connectivity index (χ1n) is 10.1. The first-order chi connectivity index (χ1) is 14.6. The molecule has 0 aliphatic carbocycles. The maximum Gasteiger partial charge on any atom is 0.139 e. The van der Waals surface area contributed by atoms with Gasteiger partial charge in [0.05, 0.1) is 18.0 Å². The van der Waals surface area contributed by atoms with E-state index in [-0.39, 0.29) is 0 Å². The molecule has 0 unspecified atom stereocenters. The largest absolute Gasteiger partial charge is 0.493 e. The molecule has 2 aromatic heterocycles. The molecule has 0 aliphatic heterocycles. The lowest BCUT2D eigenvalue weighted by molar-refractivity contribution is 0.315. The van der Waals surface area contributed by atoms with Crippen molar-refractivity contribution >= 4 is 11.6 Å². The van der Waals surface area contributed by atoms with E-state index in [1.54, 1.807) is 12.4 Å². The summed E-state index contributed by atoms with van der Waals surface area (Å²) in [7, 11) is 0. The predicted octanol–water partition coefficient (Wildman–Crippen LogP) is 6.86. The van der Waals surface area contributed by atoms with Gasteiger partial charge in [0.2, 0.25) is 0 Å². The van der Waals surface area contributed by atoms with Crippen LogP contribution in [0.25, 0.3) is 33.9 Å². The number of pyridine rings is 1. The van der Waals surface area contributed by atoms with Crippen molar-refractivity contribution in [3.05, 3.63) is 77.1 Å². The number of rotatable bonds is 6. The highest BCUT2D eigenvalue weighted by molar-refractivity contribution is 6.30. The van der Waals surface area contributed by atoms with E-state index in [1.807, 2.05) is 42.5 Å². The topological polar surface area (TPSA) is 50.8 Å². The van der Waals surface area contributed by atoms with Crippen LogP contribution >= 0.6 is 11.6 Å². The van der Waals surface area contributed by atoms with Crippen LogP contribution in [-0.2, 0) is 0 Å². The fourth-order valence-corrected chi connectivity index (χ4v) is 3.72. The van der Waals surface area contributed by atoms with Gasteiger partial charge in [0.25, 0.3) is 0 Å². The zero-order chi connectivity index (χ0) is 21.1. The summed E-state index contributed by atoms with van der Waals surface area (Å²) < 4.78 is 5.96. The fourth-order valence-electron chi connectivity index (χ4n) is 3.60. The van der Waals surface area contributed by atoms with Crippen LogP contribution in [0.5, 0.6) is 5.75 Å². The quantitative estimate of drug-likeness (QED) is 0.372. The van der Waals surface area contributed by atoms with E-state index in [2.05, 4.69) is 36.8 Å². The molecule has 4 nitrogen and oxygen atoms in total. The molecule has 0 saturated carbocycles. The van der Waals surface area contributed by atoms with Gasteiger partial charge < -0.3 is 9.72 Å². The monoisotopic (exact) mass is 417 g/mol. The van der Waals surface area contributed by atoms with Crippen LogP contribution in [-0.4, -0.2) is 21.6 Å². The van der Waals surface area contributed by atoms with Gasteiger partial charge in [-0.2, -0.15) is 0 Å². The molecule has 0 radical (unpaired) electrons. The molecular formula is C25H24ClN3O. The summed E-state index contributed by atoms with van der Waals surface area (Å²) >= 11 is 6.11. The van der Waals surface area contributed by atoms with Crippen molar-refractivity contribution in [2.24, 2.45) is 0 Å². The summed E-state index contributed by atoms with van der Waals surface area (Å²) in [6.45, 7) is 6.99. The lowest BCUT2D eigenvalue weighted by Crippen LogP contribution is -2.00. The Bertz CT molecular complexity index is 1150. The number of aromatic nitrogens is 3. The van der Waals surface area contributed by atoms with E-state index in [0.29, 0.717) is 11.6 Å². The number of nitrogens with one attached hydrogen (secondary N) is 1. The van der Waals surface area contributed by atoms with Crippen molar-refractivity contribution < 1.29 is 4.74 Å². The number of H-pyrrole nitrogens is 1. The summed E-state index contributed by atoms with van der Waals surface area (Å²) in [5.41, 5.74) is 7.17. The third kappa shape index (κ3) is 3.96. The van der Waals surface area contributed by atoms with E-state index < -0.39 is 0 Å². The van der Waals surface area contributed by atoms with E-state index >= 15 is 0 Å². The van der Waals surface area contributed by atoms with Crippen molar-refractivity contribution in [3.63, 3.8) is 0 Å². The van der Waals surface area contributed by atoms with Gasteiger partial charge in [-0.1, -0.05) is 36.7 Å². The van der Waals surface area contributed by atoms with Gasteiger partial charge >= 0.3 is 0 Å². The second kappa shape index (κ2) is 8.72. The van der Waals surface area contributed by atoms with Crippen LogP contribution in [0.4, 0.5) is 0 Å². The highest BCUT2D eigenvalue weighted by Gasteiger charge is 2.19. The van der Waals surface area contributed by atoms with Gasteiger partial charge in [0.1, 0.15) is 11.6 Å². The van der Waals surface area contributed by atoms with Crippen LogP contribution in [0, 0.1) is 13.8 Å². The Morgan fingerprint density at radius 3 is 2.37 bits per heavy atom. The Kier molecular flexibility index (Phi) is 5.86. The van der Waals surface area contributed by atoms with Gasteiger partial charge in [-0.15, -0.1) is 0 Å².